The fraction of sp³-hybridized carbons (Fsp3) is 0.125. The van der Waals surface area contributed by atoms with Crippen LogP contribution in [0.5, 0.6) is 0 Å². The van der Waals surface area contributed by atoms with Crippen molar-refractivity contribution < 1.29 is 8.42 Å². The van der Waals surface area contributed by atoms with Crippen LogP contribution < -0.4 is 0 Å². The van der Waals surface area contributed by atoms with E-state index < -0.39 is 9.05 Å². The summed E-state index contributed by atoms with van der Waals surface area (Å²) in [6.45, 7) is 1.57. The molecule has 0 unspecified atom stereocenters. The second-order valence-corrected chi connectivity index (χ2v) is 6.26. The quantitative estimate of drug-likeness (QED) is 0.582. The molecule has 0 aliphatic rings. The van der Waals surface area contributed by atoms with E-state index in [2.05, 4.69) is 0 Å². The minimum Gasteiger partial charge on any atom is -0.207 e. The zero-order chi connectivity index (χ0) is 10.9. The summed E-state index contributed by atoms with van der Waals surface area (Å²) in [4.78, 5) is 0.0267. The number of halogens is 2. The molecule has 0 heterocycles. The van der Waals surface area contributed by atoms with Crippen LogP contribution in [0.4, 0.5) is 0 Å². The smallest absolute Gasteiger partial charge is 0.207 e. The van der Waals surface area contributed by atoms with E-state index in [1.54, 1.807) is 19.1 Å². The van der Waals surface area contributed by atoms with Gasteiger partial charge in [0.25, 0.3) is 9.05 Å². The predicted octanol–water partition coefficient (Wildman–Crippen LogP) is 2.40. The fourth-order valence-electron chi connectivity index (χ4n) is 1.08. The van der Waals surface area contributed by atoms with E-state index in [1.165, 1.54) is 0 Å². The van der Waals surface area contributed by atoms with Gasteiger partial charge in [0.05, 0.1) is 16.5 Å². The Bertz CT molecular complexity index is 519. The normalized spacial score (nSPS) is 11.0. The topological polar surface area (TPSA) is 57.9 Å². The van der Waals surface area contributed by atoms with Crippen molar-refractivity contribution in [1.29, 1.82) is 5.26 Å². The molecule has 74 valence electrons. The van der Waals surface area contributed by atoms with Crippen LogP contribution in [-0.4, -0.2) is 8.42 Å². The lowest BCUT2D eigenvalue weighted by Crippen LogP contribution is -2.00. The van der Waals surface area contributed by atoms with Crippen molar-refractivity contribution in [2.24, 2.45) is 0 Å². The standard InChI is InChI=1S/C8H5ClINO2S/c1-5-6(4-11)2-3-7(10)8(5)14(9,12)13/h2-3H,1H3. The highest BCUT2D eigenvalue weighted by atomic mass is 127. The lowest BCUT2D eigenvalue weighted by Gasteiger charge is -2.05. The van der Waals surface area contributed by atoms with E-state index in [0.29, 0.717) is 14.7 Å². The Hall–Kier alpha value is -0.320. The molecule has 0 radical (unpaired) electrons. The van der Waals surface area contributed by atoms with Gasteiger partial charge in [-0.05, 0) is 47.2 Å². The molecule has 0 N–H and O–H groups in total. The van der Waals surface area contributed by atoms with Crippen molar-refractivity contribution in [3.63, 3.8) is 0 Å². The molecule has 0 saturated heterocycles. The zero-order valence-corrected chi connectivity index (χ0v) is 10.8. The highest BCUT2D eigenvalue weighted by Gasteiger charge is 2.19. The molecule has 0 aliphatic carbocycles. The molecule has 0 spiro atoms. The summed E-state index contributed by atoms with van der Waals surface area (Å²) in [6.07, 6.45) is 0. The Labute approximate surface area is 100 Å². The maximum Gasteiger partial charge on any atom is 0.262 e. The van der Waals surface area contributed by atoms with Gasteiger partial charge in [-0.3, -0.25) is 0 Å². The Kier molecular flexibility index (Phi) is 3.40. The first kappa shape index (κ1) is 11.8. The number of rotatable bonds is 1. The molecule has 1 aromatic rings. The third-order valence-electron chi connectivity index (χ3n) is 1.72. The van der Waals surface area contributed by atoms with E-state index in [-0.39, 0.29) is 4.90 Å². The lowest BCUT2D eigenvalue weighted by molar-refractivity contribution is 0.608. The maximum absolute atomic E-state index is 11.2. The van der Waals surface area contributed by atoms with Crippen molar-refractivity contribution >= 4 is 42.3 Å². The summed E-state index contributed by atoms with van der Waals surface area (Å²) < 4.78 is 22.9. The first-order valence-corrected chi connectivity index (χ1v) is 6.90. The van der Waals surface area contributed by atoms with Crippen LogP contribution in [0.3, 0.4) is 0 Å². The van der Waals surface area contributed by atoms with E-state index in [1.807, 2.05) is 28.7 Å². The molecule has 1 rings (SSSR count). The minimum atomic E-state index is -3.78. The maximum atomic E-state index is 11.2. The van der Waals surface area contributed by atoms with Gasteiger partial charge >= 0.3 is 0 Å². The molecule has 0 saturated carbocycles. The molecular weight excluding hydrogens is 337 g/mol. The van der Waals surface area contributed by atoms with Gasteiger partial charge in [-0.2, -0.15) is 5.26 Å². The van der Waals surface area contributed by atoms with Crippen molar-refractivity contribution in [3.8, 4) is 6.07 Å². The van der Waals surface area contributed by atoms with Crippen LogP contribution in [0.1, 0.15) is 11.1 Å². The van der Waals surface area contributed by atoms with Gasteiger partial charge in [0.2, 0.25) is 0 Å². The highest BCUT2D eigenvalue weighted by molar-refractivity contribution is 14.1. The highest BCUT2D eigenvalue weighted by Crippen LogP contribution is 2.27. The van der Waals surface area contributed by atoms with Gasteiger partial charge in [-0.25, -0.2) is 8.42 Å². The summed E-state index contributed by atoms with van der Waals surface area (Å²) in [5, 5.41) is 8.71. The van der Waals surface area contributed by atoms with Crippen LogP contribution in [0, 0.1) is 21.8 Å². The van der Waals surface area contributed by atoms with Gasteiger partial charge in [-0.1, -0.05) is 0 Å². The molecule has 1 aromatic carbocycles. The van der Waals surface area contributed by atoms with Crippen LogP contribution >= 0.6 is 33.3 Å². The molecule has 3 nitrogen and oxygen atoms in total. The molecule has 0 bridgehead atoms. The van der Waals surface area contributed by atoms with E-state index >= 15 is 0 Å². The Morgan fingerprint density at radius 3 is 2.50 bits per heavy atom. The van der Waals surface area contributed by atoms with Gasteiger partial charge in [0, 0.05) is 14.3 Å². The van der Waals surface area contributed by atoms with Crippen LogP contribution in [0.25, 0.3) is 0 Å². The number of benzene rings is 1. The second-order valence-electron chi connectivity index (χ2n) is 2.60. The van der Waals surface area contributed by atoms with Crippen molar-refractivity contribution in [3.05, 3.63) is 26.8 Å². The molecule has 0 fully saturated rings. The second kappa shape index (κ2) is 4.04. The summed E-state index contributed by atoms with van der Waals surface area (Å²) in [6, 6.07) is 5.04. The van der Waals surface area contributed by atoms with E-state index in [4.69, 9.17) is 15.9 Å². The van der Waals surface area contributed by atoms with Crippen LogP contribution in [-0.2, 0) is 9.05 Å². The SMILES string of the molecule is Cc1c(C#N)ccc(I)c1S(=O)(=O)Cl. The molecule has 6 heteroatoms. The molecular formula is C8H5ClINO2S. The van der Waals surface area contributed by atoms with E-state index in [0.717, 1.165) is 0 Å². The molecule has 0 amide bonds. The largest absolute Gasteiger partial charge is 0.262 e. The Morgan fingerprint density at radius 2 is 2.07 bits per heavy atom. The third-order valence-corrected chi connectivity index (χ3v) is 4.46. The fourth-order valence-corrected chi connectivity index (χ4v) is 4.30. The number of hydrogen-bond acceptors (Lipinski definition) is 3. The van der Waals surface area contributed by atoms with Gasteiger partial charge in [0.1, 0.15) is 0 Å². The zero-order valence-electron chi connectivity index (χ0n) is 7.08. The Balaban J connectivity index is 3.68. The van der Waals surface area contributed by atoms with Crippen LogP contribution in [0.15, 0.2) is 17.0 Å². The summed E-state index contributed by atoms with van der Waals surface area (Å²) in [5.74, 6) is 0. The van der Waals surface area contributed by atoms with E-state index in [9.17, 15) is 8.42 Å². The van der Waals surface area contributed by atoms with Crippen molar-refractivity contribution in [2.45, 2.75) is 11.8 Å². The van der Waals surface area contributed by atoms with Gasteiger partial charge in [-0.15, -0.1) is 0 Å². The first-order chi connectivity index (χ1) is 6.38. The third kappa shape index (κ3) is 2.19. The summed E-state index contributed by atoms with van der Waals surface area (Å²) >= 11 is 1.87. The molecule has 0 aromatic heterocycles. The Morgan fingerprint density at radius 1 is 1.50 bits per heavy atom. The van der Waals surface area contributed by atoms with Gasteiger partial charge < -0.3 is 0 Å². The molecule has 0 aliphatic heterocycles. The monoisotopic (exact) mass is 341 g/mol. The number of nitriles is 1. The number of nitrogens with zero attached hydrogens (tertiary/aromatic N) is 1. The van der Waals surface area contributed by atoms with Crippen molar-refractivity contribution in [1.82, 2.24) is 0 Å². The lowest BCUT2D eigenvalue weighted by atomic mass is 10.1. The predicted molar refractivity (Wildman–Crippen MR) is 61.6 cm³/mol. The van der Waals surface area contributed by atoms with Crippen molar-refractivity contribution in [2.75, 3.05) is 0 Å². The first-order valence-electron chi connectivity index (χ1n) is 3.52. The average Bonchev–Trinajstić information content (AvgIpc) is 2.02. The average molecular weight is 342 g/mol. The minimum absolute atomic E-state index is 0.0267. The summed E-state index contributed by atoms with van der Waals surface area (Å²) in [7, 11) is 1.47. The molecule has 0 atom stereocenters. The van der Waals surface area contributed by atoms with Gasteiger partial charge in [0.15, 0.2) is 0 Å². The summed E-state index contributed by atoms with van der Waals surface area (Å²) in [5.41, 5.74) is 0.721. The molecule has 14 heavy (non-hydrogen) atoms. The van der Waals surface area contributed by atoms with Crippen LogP contribution in [0.2, 0.25) is 0 Å². The number of hydrogen-bond donors (Lipinski definition) is 0.